The van der Waals surface area contributed by atoms with Crippen LogP contribution in [0.15, 0.2) is 48.5 Å². The second-order valence-electron chi connectivity index (χ2n) is 8.15. The molecule has 160 valence electrons. The molecule has 2 aliphatic rings. The van der Waals surface area contributed by atoms with Gasteiger partial charge in [-0.15, -0.1) is 0 Å². The van der Waals surface area contributed by atoms with Gasteiger partial charge in [0.25, 0.3) is 5.91 Å². The lowest BCUT2D eigenvalue weighted by atomic mass is 9.86. The summed E-state index contributed by atoms with van der Waals surface area (Å²) >= 11 is 0. The zero-order chi connectivity index (χ0) is 21.1. The predicted octanol–water partition coefficient (Wildman–Crippen LogP) is 2.80. The van der Waals surface area contributed by atoms with Crippen LogP contribution in [0.25, 0.3) is 0 Å². The van der Waals surface area contributed by atoms with E-state index in [2.05, 4.69) is 41.3 Å². The molecule has 0 unspecified atom stereocenters. The Hall–Kier alpha value is -2.41. The Labute approximate surface area is 178 Å². The number of carbonyl (C=O) groups is 1. The number of ether oxygens (including phenoxy) is 3. The predicted molar refractivity (Wildman–Crippen MR) is 114 cm³/mol. The molecule has 1 amide bonds. The van der Waals surface area contributed by atoms with Gasteiger partial charge in [0.2, 0.25) is 0 Å². The Morgan fingerprint density at radius 3 is 2.87 bits per heavy atom. The van der Waals surface area contributed by atoms with Crippen molar-refractivity contribution in [2.75, 3.05) is 41.0 Å². The number of methoxy groups -OCH3 is 2. The summed E-state index contributed by atoms with van der Waals surface area (Å²) in [5.74, 6) is 0.878. The lowest BCUT2D eigenvalue weighted by Gasteiger charge is -2.35. The highest BCUT2D eigenvalue weighted by Gasteiger charge is 2.52. The van der Waals surface area contributed by atoms with Gasteiger partial charge < -0.3 is 19.1 Å². The third-order valence-electron chi connectivity index (χ3n) is 6.32. The van der Waals surface area contributed by atoms with Crippen LogP contribution in [0.1, 0.15) is 23.1 Å². The first-order chi connectivity index (χ1) is 14.6. The summed E-state index contributed by atoms with van der Waals surface area (Å²) in [5, 5.41) is 0. The summed E-state index contributed by atoms with van der Waals surface area (Å²) < 4.78 is 16.6. The average molecular weight is 411 g/mol. The van der Waals surface area contributed by atoms with Crippen LogP contribution >= 0.6 is 0 Å². The number of rotatable bonds is 7. The smallest absolute Gasteiger partial charge is 0.251 e. The highest BCUT2D eigenvalue weighted by Crippen LogP contribution is 2.47. The summed E-state index contributed by atoms with van der Waals surface area (Å²) in [6.45, 7) is 3.21. The molecule has 2 aromatic rings. The van der Waals surface area contributed by atoms with Crippen molar-refractivity contribution in [3.8, 4) is 5.75 Å². The zero-order valence-corrected chi connectivity index (χ0v) is 18.0. The Kier molecular flexibility index (Phi) is 6.09. The molecule has 1 fully saturated rings. The van der Waals surface area contributed by atoms with Crippen LogP contribution in [0.3, 0.4) is 0 Å². The summed E-state index contributed by atoms with van der Waals surface area (Å²) in [6, 6.07) is 16.7. The van der Waals surface area contributed by atoms with Crippen LogP contribution in [0.5, 0.6) is 5.75 Å². The van der Waals surface area contributed by atoms with Gasteiger partial charge in [0.05, 0.1) is 25.9 Å². The summed E-state index contributed by atoms with van der Waals surface area (Å²) in [7, 11) is 5.14. The van der Waals surface area contributed by atoms with Crippen molar-refractivity contribution >= 4 is 5.91 Å². The minimum Gasteiger partial charge on any atom is -0.497 e. The molecule has 0 N–H and O–H groups in total. The highest BCUT2D eigenvalue weighted by atomic mass is 16.5. The molecular formula is C24H30N2O4. The number of carbonyl (C=O) groups excluding carboxylic acids is 1. The summed E-state index contributed by atoms with van der Waals surface area (Å²) in [5.41, 5.74) is 3.49. The largest absolute Gasteiger partial charge is 0.497 e. The van der Waals surface area contributed by atoms with Crippen molar-refractivity contribution in [2.45, 2.75) is 31.2 Å². The van der Waals surface area contributed by atoms with Gasteiger partial charge in [-0.1, -0.05) is 36.4 Å². The van der Waals surface area contributed by atoms with Crippen molar-refractivity contribution in [1.29, 1.82) is 0 Å². The lowest BCUT2D eigenvalue weighted by molar-refractivity contribution is -0.140. The monoisotopic (exact) mass is 410 g/mol. The second-order valence-corrected chi connectivity index (χ2v) is 8.15. The molecular weight excluding hydrogens is 380 g/mol. The number of likely N-dealkylation sites (N-methyl/N-ethyl adjacent to an activating group) is 1. The van der Waals surface area contributed by atoms with Crippen LogP contribution in [-0.2, 0) is 32.9 Å². The van der Waals surface area contributed by atoms with E-state index in [1.54, 1.807) is 19.1 Å². The number of nitrogens with zero attached hydrogens (tertiary/aromatic N) is 2. The van der Waals surface area contributed by atoms with Crippen molar-refractivity contribution in [1.82, 2.24) is 9.80 Å². The molecule has 0 bridgehead atoms. The molecule has 0 saturated carbocycles. The molecule has 2 aliphatic heterocycles. The fraction of sp³-hybridized carbons (Fsp3) is 0.458. The van der Waals surface area contributed by atoms with Crippen LogP contribution in [0.2, 0.25) is 0 Å². The fourth-order valence-corrected chi connectivity index (χ4v) is 4.65. The molecule has 6 heteroatoms. The molecule has 0 aromatic heterocycles. The number of hydrogen-bond donors (Lipinski definition) is 0. The maximum Gasteiger partial charge on any atom is 0.251 e. The minimum absolute atomic E-state index is 0.0228. The fourth-order valence-electron chi connectivity index (χ4n) is 4.65. The van der Waals surface area contributed by atoms with Gasteiger partial charge >= 0.3 is 0 Å². The lowest BCUT2D eigenvalue weighted by Crippen LogP contribution is -2.43. The van der Waals surface area contributed by atoms with E-state index in [4.69, 9.17) is 14.2 Å². The van der Waals surface area contributed by atoms with Crippen molar-refractivity contribution in [3.63, 3.8) is 0 Å². The first-order valence-electron chi connectivity index (χ1n) is 10.4. The topological polar surface area (TPSA) is 51.2 Å². The van der Waals surface area contributed by atoms with E-state index >= 15 is 0 Å². The van der Waals surface area contributed by atoms with Gasteiger partial charge in [0.15, 0.2) is 0 Å². The van der Waals surface area contributed by atoms with Crippen molar-refractivity contribution in [3.05, 3.63) is 65.2 Å². The quantitative estimate of drug-likeness (QED) is 0.703. The van der Waals surface area contributed by atoms with E-state index in [0.29, 0.717) is 26.2 Å². The summed E-state index contributed by atoms with van der Waals surface area (Å²) in [4.78, 5) is 17.1. The average Bonchev–Trinajstić information content (AvgIpc) is 3.35. The Balaban J connectivity index is 1.59. The maximum absolute atomic E-state index is 13.0. The third kappa shape index (κ3) is 3.83. The number of benzene rings is 2. The first-order valence-corrected chi connectivity index (χ1v) is 10.4. The molecule has 1 spiro atoms. The normalized spacial score (nSPS) is 23.0. The van der Waals surface area contributed by atoms with Crippen LogP contribution in [0.4, 0.5) is 0 Å². The van der Waals surface area contributed by atoms with E-state index in [-0.39, 0.29) is 11.4 Å². The summed E-state index contributed by atoms with van der Waals surface area (Å²) in [6.07, 6.45) is 0.218. The molecule has 2 aromatic carbocycles. The van der Waals surface area contributed by atoms with Gasteiger partial charge in [-0.25, -0.2) is 0 Å². The molecule has 0 radical (unpaired) electrons. The van der Waals surface area contributed by atoms with Gasteiger partial charge in [-0.3, -0.25) is 9.69 Å². The van der Waals surface area contributed by atoms with Crippen LogP contribution < -0.4 is 4.74 Å². The minimum atomic E-state index is -0.439. The molecule has 0 aliphatic carbocycles. The van der Waals surface area contributed by atoms with Gasteiger partial charge in [0.1, 0.15) is 11.9 Å². The Bertz CT molecular complexity index is 902. The zero-order valence-electron chi connectivity index (χ0n) is 18.0. The van der Waals surface area contributed by atoms with E-state index in [0.717, 1.165) is 18.8 Å². The van der Waals surface area contributed by atoms with Gasteiger partial charge in [-0.05, 0) is 28.8 Å². The van der Waals surface area contributed by atoms with Gasteiger partial charge in [-0.2, -0.15) is 0 Å². The van der Waals surface area contributed by atoms with Crippen LogP contribution in [0, 0.1) is 0 Å². The van der Waals surface area contributed by atoms with Crippen molar-refractivity contribution in [2.24, 2.45) is 0 Å². The molecule has 2 atom stereocenters. The Morgan fingerprint density at radius 2 is 2.07 bits per heavy atom. The Morgan fingerprint density at radius 1 is 1.23 bits per heavy atom. The number of fused-ring (bicyclic) bond motifs is 2. The maximum atomic E-state index is 13.0. The molecule has 2 heterocycles. The molecule has 30 heavy (non-hydrogen) atoms. The standard InChI is InChI=1S/C24H30N2O4/c1-25(11-12-28-2)23(27)22-14-24(17-30-22)21-10-5-4-8-19(21)16-26(24)15-18-7-6-9-20(13-18)29-3/h4-10,13,22H,11-12,14-17H2,1-3H3/t22-,24-/m1/s1. The molecule has 4 rings (SSSR count). The van der Waals surface area contributed by atoms with E-state index in [9.17, 15) is 4.79 Å². The first kappa shape index (κ1) is 20.8. The van der Waals surface area contributed by atoms with Gasteiger partial charge in [0, 0.05) is 40.2 Å². The highest BCUT2D eigenvalue weighted by molar-refractivity contribution is 5.81. The molecule has 6 nitrogen and oxygen atoms in total. The van der Waals surface area contributed by atoms with E-state index in [1.807, 2.05) is 19.2 Å². The van der Waals surface area contributed by atoms with E-state index in [1.165, 1.54) is 16.7 Å². The SMILES string of the molecule is COCCN(C)C(=O)[C@H]1C[C@@]2(CO1)c1ccccc1CN2Cc1cccc(OC)c1. The second kappa shape index (κ2) is 8.76. The van der Waals surface area contributed by atoms with E-state index < -0.39 is 6.10 Å². The van der Waals surface area contributed by atoms with Crippen LogP contribution in [-0.4, -0.2) is 62.8 Å². The third-order valence-corrected chi connectivity index (χ3v) is 6.32. The molecule has 1 saturated heterocycles. The number of amides is 1. The van der Waals surface area contributed by atoms with Crippen molar-refractivity contribution < 1.29 is 19.0 Å². The number of hydrogen-bond acceptors (Lipinski definition) is 5.